The van der Waals surface area contributed by atoms with Crippen molar-refractivity contribution in [2.24, 2.45) is 0 Å². The number of nitrogens with zero attached hydrogens (tertiary/aromatic N) is 1. The Morgan fingerprint density at radius 1 is 1.10 bits per heavy atom. The number of halogens is 4. The number of aliphatic hydroxyl groups excluding tert-OH is 1. The summed E-state index contributed by atoms with van der Waals surface area (Å²) in [6.45, 7) is 0. The maximum atomic E-state index is 13.5. The summed E-state index contributed by atoms with van der Waals surface area (Å²) in [6, 6.07) is 7.32. The third-order valence-corrected chi connectivity index (χ3v) is 2.49. The molecule has 0 amide bonds. The first kappa shape index (κ1) is 14.3. The molecular formula is C13H9F4NO2. The van der Waals surface area contributed by atoms with Gasteiger partial charge in [-0.25, -0.2) is 4.39 Å². The molecule has 0 saturated heterocycles. The van der Waals surface area contributed by atoms with Crippen LogP contribution in [0, 0.1) is 5.82 Å². The van der Waals surface area contributed by atoms with Crippen molar-refractivity contribution in [3.8, 4) is 5.75 Å². The van der Waals surface area contributed by atoms with Crippen LogP contribution < -0.4 is 4.74 Å². The van der Waals surface area contributed by atoms with Gasteiger partial charge in [-0.1, -0.05) is 18.2 Å². The van der Waals surface area contributed by atoms with Gasteiger partial charge in [-0.2, -0.15) is 0 Å². The molecule has 0 radical (unpaired) electrons. The largest absolute Gasteiger partial charge is 0.573 e. The van der Waals surface area contributed by atoms with Gasteiger partial charge in [-0.05, 0) is 18.2 Å². The highest BCUT2D eigenvalue weighted by Gasteiger charge is 2.33. The third kappa shape index (κ3) is 3.24. The summed E-state index contributed by atoms with van der Waals surface area (Å²) in [5.41, 5.74) is -0.590. The van der Waals surface area contributed by atoms with E-state index in [9.17, 15) is 22.7 Å². The van der Waals surface area contributed by atoms with Crippen molar-refractivity contribution in [2.75, 3.05) is 0 Å². The van der Waals surface area contributed by atoms with Crippen molar-refractivity contribution < 1.29 is 27.4 Å². The van der Waals surface area contributed by atoms with Gasteiger partial charge < -0.3 is 9.84 Å². The Bertz CT molecular complexity index is 601. The Hall–Kier alpha value is -2.15. The van der Waals surface area contributed by atoms with Crippen molar-refractivity contribution in [2.45, 2.75) is 12.5 Å². The zero-order valence-electron chi connectivity index (χ0n) is 9.93. The fourth-order valence-corrected chi connectivity index (χ4v) is 1.67. The smallest absolute Gasteiger partial charge is 0.405 e. The zero-order valence-corrected chi connectivity index (χ0v) is 9.93. The number of rotatable bonds is 3. The average Bonchev–Trinajstić information content (AvgIpc) is 2.37. The Morgan fingerprint density at radius 2 is 1.80 bits per heavy atom. The van der Waals surface area contributed by atoms with Crippen molar-refractivity contribution in [3.05, 3.63) is 59.7 Å². The lowest BCUT2D eigenvalue weighted by Gasteiger charge is -2.17. The summed E-state index contributed by atoms with van der Waals surface area (Å²) in [5, 5.41) is 10.0. The second kappa shape index (κ2) is 5.46. The van der Waals surface area contributed by atoms with Crippen LogP contribution in [0.1, 0.15) is 17.4 Å². The molecule has 1 atom stereocenters. The van der Waals surface area contributed by atoms with Crippen LogP contribution in [0.3, 0.4) is 0 Å². The lowest BCUT2D eigenvalue weighted by Crippen LogP contribution is -2.19. The number of hydrogen-bond acceptors (Lipinski definition) is 3. The molecule has 2 aromatic rings. The van der Waals surface area contributed by atoms with Crippen molar-refractivity contribution in [1.82, 2.24) is 4.98 Å². The summed E-state index contributed by atoms with van der Waals surface area (Å²) in [7, 11) is 0. The minimum atomic E-state index is -4.90. The molecule has 106 valence electrons. The molecule has 3 nitrogen and oxygen atoms in total. The molecule has 1 aromatic carbocycles. The van der Waals surface area contributed by atoms with Crippen LogP contribution in [0.15, 0.2) is 42.6 Å². The molecule has 0 fully saturated rings. The molecule has 0 bridgehead atoms. The number of alkyl halides is 3. The summed E-state index contributed by atoms with van der Waals surface area (Å²) >= 11 is 0. The van der Waals surface area contributed by atoms with E-state index in [0.29, 0.717) is 0 Å². The molecule has 0 aliphatic rings. The number of benzene rings is 1. The Labute approximate surface area is 111 Å². The fourth-order valence-electron chi connectivity index (χ4n) is 1.67. The molecule has 20 heavy (non-hydrogen) atoms. The third-order valence-electron chi connectivity index (χ3n) is 2.49. The van der Waals surface area contributed by atoms with E-state index in [4.69, 9.17) is 0 Å². The maximum absolute atomic E-state index is 13.5. The monoisotopic (exact) mass is 287 g/mol. The number of ether oxygens (including phenoxy) is 1. The zero-order chi connectivity index (χ0) is 14.8. The predicted molar refractivity (Wildman–Crippen MR) is 61.4 cm³/mol. The lowest BCUT2D eigenvalue weighted by molar-refractivity contribution is -0.275. The van der Waals surface area contributed by atoms with Gasteiger partial charge in [0.05, 0.1) is 0 Å². The van der Waals surface area contributed by atoms with E-state index >= 15 is 0 Å². The lowest BCUT2D eigenvalue weighted by atomic mass is 10.0. The number of aromatic nitrogens is 1. The second-order valence-electron chi connectivity index (χ2n) is 3.86. The molecule has 0 aliphatic carbocycles. The molecule has 2 rings (SSSR count). The molecule has 0 saturated carbocycles. The number of pyridine rings is 1. The molecule has 7 heteroatoms. The molecule has 0 aliphatic heterocycles. The topological polar surface area (TPSA) is 42.4 Å². The maximum Gasteiger partial charge on any atom is 0.573 e. The summed E-state index contributed by atoms with van der Waals surface area (Å²) < 4.78 is 54.1. The van der Waals surface area contributed by atoms with Crippen molar-refractivity contribution >= 4 is 0 Å². The highest BCUT2D eigenvalue weighted by atomic mass is 19.4. The van der Waals surface area contributed by atoms with Crippen LogP contribution in [0.2, 0.25) is 0 Å². The van der Waals surface area contributed by atoms with Gasteiger partial charge in [0.15, 0.2) is 0 Å². The highest BCUT2D eigenvalue weighted by molar-refractivity contribution is 5.39. The van der Waals surface area contributed by atoms with Crippen LogP contribution in [0.5, 0.6) is 5.75 Å². The Balaban J connectivity index is 2.40. The van der Waals surface area contributed by atoms with E-state index in [1.165, 1.54) is 30.5 Å². The van der Waals surface area contributed by atoms with Crippen molar-refractivity contribution in [1.29, 1.82) is 0 Å². The van der Waals surface area contributed by atoms with Crippen LogP contribution in [0.25, 0.3) is 0 Å². The minimum absolute atomic E-state index is 0.220. The molecule has 1 heterocycles. The first-order chi connectivity index (χ1) is 9.38. The fraction of sp³-hybridized carbons (Fsp3) is 0.154. The Kier molecular flexibility index (Phi) is 3.89. The molecular weight excluding hydrogens is 278 g/mol. The molecule has 1 unspecified atom stereocenters. The predicted octanol–water partition coefficient (Wildman–Crippen LogP) is 3.20. The van der Waals surface area contributed by atoms with E-state index in [1.807, 2.05) is 0 Å². The SMILES string of the molecule is OC(c1ccccc1OC(F)(F)F)c1ncccc1F. The van der Waals surface area contributed by atoms with Gasteiger partial charge in [-0.3, -0.25) is 4.98 Å². The summed E-state index contributed by atoms with van der Waals surface area (Å²) in [4.78, 5) is 3.63. The van der Waals surface area contributed by atoms with E-state index in [2.05, 4.69) is 9.72 Å². The molecule has 1 aromatic heterocycles. The minimum Gasteiger partial charge on any atom is -0.405 e. The first-order valence-corrected chi connectivity index (χ1v) is 5.51. The van der Waals surface area contributed by atoms with Gasteiger partial charge >= 0.3 is 6.36 Å². The second-order valence-corrected chi connectivity index (χ2v) is 3.86. The molecule has 0 spiro atoms. The van der Waals surface area contributed by atoms with E-state index < -0.39 is 24.0 Å². The van der Waals surface area contributed by atoms with Gasteiger partial charge in [0.25, 0.3) is 0 Å². The van der Waals surface area contributed by atoms with Gasteiger partial charge in [0.1, 0.15) is 23.4 Å². The Morgan fingerprint density at radius 3 is 2.45 bits per heavy atom. The quantitative estimate of drug-likeness (QED) is 0.881. The van der Waals surface area contributed by atoms with E-state index in [-0.39, 0.29) is 11.3 Å². The standard InChI is InChI=1S/C13H9F4NO2/c14-9-5-3-7-18-11(9)12(19)8-4-1-2-6-10(8)20-13(15,16)17/h1-7,12,19H. The van der Waals surface area contributed by atoms with Gasteiger partial charge in [0, 0.05) is 11.8 Å². The molecule has 1 N–H and O–H groups in total. The summed E-state index contributed by atoms with van der Waals surface area (Å²) in [6.07, 6.45) is -5.33. The number of hydrogen-bond donors (Lipinski definition) is 1. The normalized spacial score (nSPS) is 13.1. The van der Waals surface area contributed by atoms with E-state index in [1.54, 1.807) is 0 Å². The van der Waals surface area contributed by atoms with Crippen molar-refractivity contribution in [3.63, 3.8) is 0 Å². The van der Waals surface area contributed by atoms with Crippen LogP contribution >= 0.6 is 0 Å². The first-order valence-electron chi connectivity index (χ1n) is 5.51. The number of para-hydroxylation sites is 1. The average molecular weight is 287 g/mol. The van der Waals surface area contributed by atoms with Crippen LogP contribution in [-0.4, -0.2) is 16.5 Å². The van der Waals surface area contributed by atoms with Gasteiger partial charge in [-0.15, -0.1) is 13.2 Å². The number of aliphatic hydroxyl groups is 1. The summed E-state index contributed by atoms with van der Waals surface area (Å²) in [5.74, 6) is -1.42. The van der Waals surface area contributed by atoms with E-state index in [0.717, 1.165) is 12.1 Å². The van der Waals surface area contributed by atoms with Gasteiger partial charge in [0.2, 0.25) is 0 Å². The van der Waals surface area contributed by atoms with Crippen LogP contribution in [-0.2, 0) is 0 Å². The highest BCUT2D eigenvalue weighted by Crippen LogP contribution is 2.33. The van der Waals surface area contributed by atoms with Crippen LogP contribution in [0.4, 0.5) is 17.6 Å².